The van der Waals surface area contributed by atoms with Crippen LogP contribution in [-0.2, 0) is 11.2 Å². The van der Waals surface area contributed by atoms with E-state index in [0.29, 0.717) is 6.42 Å². The second-order valence-electron chi connectivity index (χ2n) is 4.59. The van der Waals surface area contributed by atoms with E-state index in [1.807, 2.05) is 38.1 Å². The first-order valence-electron chi connectivity index (χ1n) is 5.96. The number of methoxy groups -OCH3 is 1. The molecule has 1 unspecified atom stereocenters. The Morgan fingerprint density at radius 1 is 1.41 bits per heavy atom. The Kier molecular flexibility index (Phi) is 5.16. The van der Waals surface area contributed by atoms with Crippen molar-refractivity contribution in [3.63, 3.8) is 0 Å². The lowest BCUT2D eigenvalue weighted by Gasteiger charge is -2.14. The highest BCUT2D eigenvalue weighted by Gasteiger charge is 2.16. The van der Waals surface area contributed by atoms with Crippen molar-refractivity contribution in [1.82, 2.24) is 0 Å². The maximum atomic E-state index is 11.8. The first-order valence-corrected chi connectivity index (χ1v) is 5.96. The zero-order valence-electron chi connectivity index (χ0n) is 10.8. The number of carbonyl (C=O) groups excluding carboxylic acids is 1. The van der Waals surface area contributed by atoms with Gasteiger partial charge in [-0.15, -0.1) is 0 Å². The molecule has 0 radical (unpaired) electrons. The Balaban J connectivity index is 2.52. The van der Waals surface area contributed by atoms with E-state index in [1.165, 1.54) is 0 Å². The van der Waals surface area contributed by atoms with E-state index in [-0.39, 0.29) is 17.7 Å². The van der Waals surface area contributed by atoms with Crippen LogP contribution >= 0.6 is 0 Å². The van der Waals surface area contributed by atoms with Crippen LogP contribution in [0, 0.1) is 5.92 Å². The molecule has 1 atom stereocenters. The molecule has 3 heteroatoms. The van der Waals surface area contributed by atoms with Crippen molar-refractivity contribution in [2.24, 2.45) is 11.7 Å². The average molecular weight is 235 g/mol. The van der Waals surface area contributed by atoms with Crippen LogP contribution in [0.25, 0.3) is 0 Å². The smallest absolute Gasteiger partial charge is 0.150 e. The Morgan fingerprint density at radius 3 is 2.71 bits per heavy atom. The number of carbonyl (C=O) groups is 1. The molecule has 0 saturated carbocycles. The summed E-state index contributed by atoms with van der Waals surface area (Å²) in [5, 5.41) is 0. The summed E-state index contributed by atoms with van der Waals surface area (Å²) in [6, 6.07) is 7.43. The van der Waals surface area contributed by atoms with Crippen molar-refractivity contribution in [1.29, 1.82) is 0 Å². The lowest BCUT2D eigenvalue weighted by atomic mass is 9.96. The van der Waals surface area contributed by atoms with Gasteiger partial charge in [-0.3, -0.25) is 4.79 Å². The zero-order valence-corrected chi connectivity index (χ0v) is 10.8. The molecule has 0 aliphatic rings. The van der Waals surface area contributed by atoms with Gasteiger partial charge in [-0.2, -0.15) is 0 Å². The van der Waals surface area contributed by atoms with E-state index in [1.54, 1.807) is 7.11 Å². The number of ether oxygens (including phenoxy) is 1. The number of ketones is 1. The molecule has 1 aromatic carbocycles. The number of hydrogen-bond donors (Lipinski definition) is 1. The minimum Gasteiger partial charge on any atom is -0.497 e. The van der Waals surface area contributed by atoms with Gasteiger partial charge < -0.3 is 10.5 Å². The maximum absolute atomic E-state index is 11.8. The van der Waals surface area contributed by atoms with Crippen LogP contribution in [-0.4, -0.2) is 18.9 Å². The van der Waals surface area contributed by atoms with E-state index >= 15 is 0 Å². The summed E-state index contributed by atoms with van der Waals surface area (Å²) in [5.41, 5.74) is 6.91. The topological polar surface area (TPSA) is 52.3 Å². The molecule has 3 nitrogen and oxygen atoms in total. The highest BCUT2D eigenvalue weighted by atomic mass is 16.5. The molecule has 0 spiro atoms. The minimum absolute atomic E-state index is 0.128. The van der Waals surface area contributed by atoms with Crippen molar-refractivity contribution >= 4 is 5.78 Å². The number of Topliss-reactive ketones (excluding diaryl/α,β-unsaturated/α-hetero) is 1. The zero-order chi connectivity index (χ0) is 12.8. The summed E-state index contributed by atoms with van der Waals surface area (Å²) < 4.78 is 5.14. The SMILES string of the molecule is COc1cccc(CCC(=O)C(N)C(C)C)c1. The van der Waals surface area contributed by atoms with Gasteiger partial charge in [0.2, 0.25) is 0 Å². The summed E-state index contributed by atoms with van der Waals surface area (Å²) in [6.07, 6.45) is 1.21. The van der Waals surface area contributed by atoms with Gasteiger partial charge in [0, 0.05) is 6.42 Å². The van der Waals surface area contributed by atoms with Crippen molar-refractivity contribution in [3.05, 3.63) is 29.8 Å². The summed E-state index contributed by atoms with van der Waals surface area (Å²) in [7, 11) is 1.64. The lowest BCUT2D eigenvalue weighted by Crippen LogP contribution is -2.35. The van der Waals surface area contributed by atoms with Crippen LogP contribution in [0.5, 0.6) is 5.75 Å². The van der Waals surface area contributed by atoms with Gasteiger partial charge in [-0.05, 0) is 30.0 Å². The molecule has 1 aromatic rings. The molecular weight excluding hydrogens is 214 g/mol. The monoisotopic (exact) mass is 235 g/mol. The third kappa shape index (κ3) is 4.19. The molecule has 2 N–H and O–H groups in total. The third-order valence-electron chi connectivity index (χ3n) is 2.88. The molecule has 0 fully saturated rings. The van der Waals surface area contributed by atoms with Crippen molar-refractivity contribution in [2.45, 2.75) is 32.7 Å². The minimum atomic E-state index is -0.347. The number of aryl methyl sites for hydroxylation is 1. The van der Waals surface area contributed by atoms with E-state index < -0.39 is 0 Å². The number of nitrogens with two attached hydrogens (primary N) is 1. The Labute approximate surface area is 103 Å². The summed E-state index contributed by atoms with van der Waals surface area (Å²) in [4.78, 5) is 11.8. The van der Waals surface area contributed by atoms with E-state index in [2.05, 4.69) is 0 Å². The highest BCUT2D eigenvalue weighted by molar-refractivity contribution is 5.84. The second-order valence-corrected chi connectivity index (χ2v) is 4.59. The summed E-state index contributed by atoms with van der Waals surface area (Å²) in [6.45, 7) is 3.93. The average Bonchev–Trinajstić information content (AvgIpc) is 2.35. The van der Waals surface area contributed by atoms with Crippen molar-refractivity contribution in [3.8, 4) is 5.75 Å². The van der Waals surface area contributed by atoms with Crippen LogP contribution in [0.4, 0.5) is 0 Å². The molecule has 0 saturated heterocycles. The van der Waals surface area contributed by atoms with Crippen molar-refractivity contribution < 1.29 is 9.53 Å². The largest absolute Gasteiger partial charge is 0.497 e. The molecule has 0 amide bonds. The first kappa shape index (κ1) is 13.7. The van der Waals surface area contributed by atoms with E-state index in [4.69, 9.17) is 10.5 Å². The van der Waals surface area contributed by atoms with Crippen molar-refractivity contribution in [2.75, 3.05) is 7.11 Å². The molecule has 0 aromatic heterocycles. The molecular formula is C14H21NO2. The molecule has 17 heavy (non-hydrogen) atoms. The number of benzene rings is 1. The van der Waals surface area contributed by atoms with E-state index in [9.17, 15) is 4.79 Å². The molecule has 0 bridgehead atoms. The second kappa shape index (κ2) is 6.40. The summed E-state index contributed by atoms with van der Waals surface area (Å²) >= 11 is 0. The molecule has 0 aliphatic heterocycles. The van der Waals surface area contributed by atoms with Gasteiger partial charge in [0.15, 0.2) is 0 Å². The number of rotatable bonds is 6. The van der Waals surface area contributed by atoms with Gasteiger partial charge in [0.1, 0.15) is 11.5 Å². The fourth-order valence-corrected chi connectivity index (χ4v) is 1.63. The van der Waals surface area contributed by atoms with Gasteiger partial charge in [-0.1, -0.05) is 26.0 Å². The fraction of sp³-hybridized carbons (Fsp3) is 0.500. The fourth-order valence-electron chi connectivity index (χ4n) is 1.63. The van der Waals surface area contributed by atoms with Crippen LogP contribution in [0.1, 0.15) is 25.8 Å². The Bertz CT molecular complexity index is 374. The third-order valence-corrected chi connectivity index (χ3v) is 2.88. The van der Waals surface area contributed by atoms with Gasteiger partial charge in [-0.25, -0.2) is 0 Å². The van der Waals surface area contributed by atoms with Gasteiger partial charge in [0.05, 0.1) is 13.2 Å². The Morgan fingerprint density at radius 2 is 2.12 bits per heavy atom. The predicted molar refractivity (Wildman–Crippen MR) is 69.1 cm³/mol. The molecule has 94 valence electrons. The van der Waals surface area contributed by atoms with Crippen LogP contribution in [0.2, 0.25) is 0 Å². The van der Waals surface area contributed by atoms with Crippen LogP contribution < -0.4 is 10.5 Å². The predicted octanol–water partition coefficient (Wildman–Crippen LogP) is 2.18. The molecule has 0 aliphatic carbocycles. The lowest BCUT2D eigenvalue weighted by molar-refractivity contribution is -0.121. The van der Waals surface area contributed by atoms with Crippen LogP contribution in [0.3, 0.4) is 0 Å². The standard InChI is InChI=1S/C14H21NO2/c1-10(2)14(15)13(16)8-7-11-5-4-6-12(9-11)17-3/h4-6,9-10,14H,7-8,15H2,1-3H3. The maximum Gasteiger partial charge on any atom is 0.150 e. The van der Waals surface area contributed by atoms with Crippen LogP contribution in [0.15, 0.2) is 24.3 Å². The highest BCUT2D eigenvalue weighted by Crippen LogP contribution is 2.14. The van der Waals surface area contributed by atoms with E-state index in [0.717, 1.165) is 17.7 Å². The summed E-state index contributed by atoms with van der Waals surface area (Å²) in [5.74, 6) is 1.15. The van der Waals surface area contributed by atoms with Gasteiger partial charge >= 0.3 is 0 Å². The first-order chi connectivity index (χ1) is 8.04. The number of hydrogen-bond acceptors (Lipinski definition) is 3. The van der Waals surface area contributed by atoms with Gasteiger partial charge in [0.25, 0.3) is 0 Å². The molecule has 1 rings (SSSR count). The normalized spacial score (nSPS) is 12.5. The quantitative estimate of drug-likeness (QED) is 0.822. The molecule has 0 heterocycles. The Hall–Kier alpha value is -1.35.